The molecule has 0 aliphatic heterocycles. The Kier molecular flexibility index (Phi) is 6.56. The number of hydrogen-bond donors (Lipinski definition) is 0. The topological polar surface area (TPSA) is 44.8 Å². The fourth-order valence-corrected chi connectivity index (χ4v) is 2.26. The molecule has 0 saturated carbocycles. The molecule has 0 unspecified atom stereocenters. The van der Waals surface area contributed by atoms with E-state index in [0.717, 1.165) is 5.75 Å². The van der Waals surface area contributed by atoms with Gasteiger partial charge in [0.05, 0.1) is 20.1 Å². The minimum Gasteiger partial charge on any atom is -0.497 e. The predicted octanol–water partition coefficient (Wildman–Crippen LogP) is 4.51. The van der Waals surface area contributed by atoms with Gasteiger partial charge in [-0.2, -0.15) is 0 Å². The second-order valence-electron chi connectivity index (χ2n) is 4.67. The lowest BCUT2D eigenvalue weighted by atomic mass is 10.2. The molecule has 0 aromatic heterocycles. The van der Waals surface area contributed by atoms with Gasteiger partial charge < -0.3 is 14.2 Å². The summed E-state index contributed by atoms with van der Waals surface area (Å²) in [5.74, 6) is 1.06. The summed E-state index contributed by atoms with van der Waals surface area (Å²) >= 11 is 11.8. The molecule has 0 amide bonds. The van der Waals surface area contributed by atoms with Crippen molar-refractivity contribution in [1.82, 2.24) is 0 Å². The Labute approximate surface area is 144 Å². The number of carbonyl (C=O) groups excluding carboxylic acids is 1. The van der Waals surface area contributed by atoms with Crippen molar-refractivity contribution in [1.29, 1.82) is 0 Å². The van der Waals surface area contributed by atoms with Gasteiger partial charge in [-0.1, -0.05) is 29.3 Å². The SMILES string of the molecule is COc1ccc(OCCC(=O)OCc2ccc(Cl)cc2Cl)cc1. The Balaban J connectivity index is 1.72. The standard InChI is InChI=1S/C17H16Cl2O4/c1-21-14-4-6-15(7-5-14)22-9-8-17(20)23-11-12-2-3-13(18)10-16(12)19/h2-7,10H,8-9,11H2,1H3. The van der Waals surface area contributed by atoms with E-state index >= 15 is 0 Å². The zero-order valence-electron chi connectivity index (χ0n) is 12.6. The number of hydrogen-bond acceptors (Lipinski definition) is 4. The summed E-state index contributed by atoms with van der Waals surface area (Å²) in [7, 11) is 1.60. The monoisotopic (exact) mass is 354 g/mol. The van der Waals surface area contributed by atoms with Crippen molar-refractivity contribution in [2.45, 2.75) is 13.0 Å². The fraction of sp³-hybridized carbons (Fsp3) is 0.235. The van der Waals surface area contributed by atoms with Crippen molar-refractivity contribution in [3.05, 3.63) is 58.1 Å². The first-order valence-electron chi connectivity index (χ1n) is 6.95. The maximum atomic E-state index is 11.7. The lowest BCUT2D eigenvalue weighted by molar-refractivity contribution is -0.145. The van der Waals surface area contributed by atoms with Crippen LogP contribution in [0.3, 0.4) is 0 Å². The molecule has 0 aliphatic rings. The number of esters is 1. The Morgan fingerprint density at radius 1 is 1.04 bits per heavy atom. The lowest BCUT2D eigenvalue weighted by Crippen LogP contribution is -2.10. The Bertz CT molecular complexity index is 656. The summed E-state index contributed by atoms with van der Waals surface area (Å²) in [5.41, 5.74) is 0.709. The third kappa shape index (κ3) is 5.66. The molecule has 0 spiro atoms. The van der Waals surface area contributed by atoms with Crippen LogP contribution in [-0.4, -0.2) is 19.7 Å². The Morgan fingerprint density at radius 3 is 2.39 bits per heavy atom. The number of halogens is 2. The van der Waals surface area contributed by atoms with Crippen LogP contribution in [0.2, 0.25) is 10.0 Å². The maximum Gasteiger partial charge on any atom is 0.309 e. The summed E-state index contributed by atoms with van der Waals surface area (Å²) in [6.07, 6.45) is 0.150. The molecule has 122 valence electrons. The quantitative estimate of drug-likeness (QED) is 0.686. The van der Waals surface area contributed by atoms with Crippen LogP contribution in [0, 0.1) is 0 Å². The smallest absolute Gasteiger partial charge is 0.309 e. The van der Waals surface area contributed by atoms with Crippen LogP contribution >= 0.6 is 23.2 Å². The third-order valence-corrected chi connectivity index (χ3v) is 3.63. The number of rotatable bonds is 7. The highest BCUT2D eigenvalue weighted by molar-refractivity contribution is 6.35. The number of ether oxygens (including phenoxy) is 3. The minimum absolute atomic E-state index is 0.109. The highest BCUT2D eigenvalue weighted by Gasteiger charge is 2.07. The van der Waals surface area contributed by atoms with Crippen LogP contribution < -0.4 is 9.47 Å². The molecule has 0 bridgehead atoms. The molecule has 6 heteroatoms. The molecular weight excluding hydrogens is 339 g/mol. The van der Waals surface area contributed by atoms with Gasteiger partial charge in [-0.05, 0) is 36.4 Å². The summed E-state index contributed by atoms with van der Waals surface area (Å²) in [6.45, 7) is 0.344. The van der Waals surface area contributed by atoms with E-state index in [0.29, 0.717) is 21.4 Å². The number of methoxy groups -OCH3 is 1. The summed E-state index contributed by atoms with van der Waals surface area (Å²) in [4.78, 5) is 11.7. The lowest BCUT2D eigenvalue weighted by Gasteiger charge is -2.08. The van der Waals surface area contributed by atoms with Crippen LogP contribution in [-0.2, 0) is 16.1 Å². The number of carbonyl (C=O) groups is 1. The molecule has 0 N–H and O–H groups in total. The molecule has 0 radical (unpaired) electrons. The largest absolute Gasteiger partial charge is 0.497 e. The van der Waals surface area contributed by atoms with Crippen molar-refractivity contribution in [3.8, 4) is 11.5 Å². The summed E-state index contributed by atoms with van der Waals surface area (Å²) in [6, 6.07) is 12.2. The van der Waals surface area contributed by atoms with Gasteiger partial charge in [-0.3, -0.25) is 4.79 Å². The average Bonchev–Trinajstić information content (AvgIpc) is 2.54. The fourth-order valence-electron chi connectivity index (χ4n) is 1.79. The van der Waals surface area contributed by atoms with Crippen molar-refractivity contribution < 1.29 is 19.0 Å². The van der Waals surface area contributed by atoms with Crippen molar-refractivity contribution >= 4 is 29.2 Å². The van der Waals surface area contributed by atoms with Gasteiger partial charge in [0.15, 0.2) is 0 Å². The second-order valence-corrected chi connectivity index (χ2v) is 5.51. The van der Waals surface area contributed by atoms with E-state index in [9.17, 15) is 4.79 Å². The van der Waals surface area contributed by atoms with Crippen molar-refractivity contribution in [2.24, 2.45) is 0 Å². The molecular formula is C17H16Cl2O4. The van der Waals surface area contributed by atoms with Gasteiger partial charge in [-0.15, -0.1) is 0 Å². The first kappa shape index (κ1) is 17.4. The van der Waals surface area contributed by atoms with Crippen LogP contribution in [0.4, 0.5) is 0 Å². The van der Waals surface area contributed by atoms with E-state index in [1.54, 1.807) is 49.6 Å². The van der Waals surface area contributed by atoms with E-state index in [2.05, 4.69) is 0 Å². The van der Waals surface area contributed by atoms with Gasteiger partial charge in [0, 0.05) is 15.6 Å². The number of benzene rings is 2. The second kappa shape index (κ2) is 8.65. The molecule has 0 fully saturated rings. The van der Waals surface area contributed by atoms with Gasteiger partial charge in [-0.25, -0.2) is 0 Å². The third-order valence-electron chi connectivity index (χ3n) is 3.04. The zero-order chi connectivity index (χ0) is 16.7. The molecule has 0 heterocycles. The predicted molar refractivity (Wildman–Crippen MR) is 89.4 cm³/mol. The van der Waals surface area contributed by atoms with Gasteiger partial charge in [0.25, 0.3) is 0 Å². The molecule has 2 aromatic carbocycles. The molecule has 4 nitrogen and oxygen atoms in total. The summed E-state index contributed by atoms with van der Waals surface area (Å²) in [5, 5.41) is 1.01. The molecule has 0 atom stereocenters. The Hall–Kier alpha value is -1.91. The van der Waals surface area contributed by atoms with E-state index in [-0.39, 0.29) is 25.6 Å². The van der Waals surface area contributed by atoms with E-state index in [4.69, 9.17) is 37.4 Å². The van der Waals surface area contributed by atoms with Crippen LogP contribution in [0.15, 0.2) is 42.5 Å². The van der Waals surface area contributed by atoms with E-state index in [1.165, 1.54) is 0 Å². The molecule has 0 aliphatic carbocycles. The highest BCUT2D eigenvalue weighted by Crippen LogP contribution is 2.21. The summed E-state index contributed by atoms with van der Waals surface area (Å²) < 4.78 is 15.7. The van der Waals surface area contributed by atoms with Gasteiger partial charge in [0.2, 0.25) is 0 Å². The Morgan fingerprint density at radius 2 is 1.74 bits per heavy atom. The zero-order valence-corrected chi connectivity index (χ0v) is 14.1. The molecule has 0 saturated heterocycles. The highest BCUT2D eigenvalue weighted by atomic mass is 35.5. The maximum absolute atomic E-state index is 11.7. The van der Waals surface area contributed by atoms with E-state index in [1.807, 2.05) is 0 Å². The van der Waals surface area contributed by atoms with Gasteiger partial charge in [0.1, 0.15) is 18.1 Å². The normalized spacial score (nSPS) is 10.2. The van der Waals surface area contributed by atoms with E-state index < -0.39 is 0 Å². The minimum atomic E-state index is -0.357. The van der Waals surface area contributed by atoms with Crippen LogP contribution in [0.1, 0.15) is 12.0 Å². The van der Waals surface area contributed by atoms with Crippen LogP contribution in [0.25, 0.3) is 0 Å². The van der Waals surface area contributed by atoms with Crippen LogP contribution in [0.5, 0.6) is 11.5 Å². The first-order chi connectivity index (χ1) is 11.1. The van der Waals surface area contributed by atoms with Crippen molar-refractivity contribution in [2.75, 3.05) is 13.7 Å². The van der Waals surface area contributed by atoms with Crippen molar-refractivity contribution in [3.63, 3.8) is 0 Å². The average molecular weight is 355 g/mol. The molecule has 2 aromatic rings. The first-order valence-corrected chi connectivity index (χ1v) is 7.70. The van der Waals surface area contributed by atoms with Gasteiger partial charge >= 0.3 is 5.97 Å². The molecule has 2 rings (SSSR count). The molecule has 23 heavy (non-hydrogen) atoms.